The molecule has 4 atom stereocenters. The average molecular weight is 257 g/mol. The third-order valence-electron chi connectivity index (χ3n) is 1.42. The molecule has 16 heavy (non-hydrogen) atoms. The minimum atomic E-state index is -1.79. The summed E-state index contributed by atoms with van der Waals surface area (Å²) in [6.07, 6.45) is -6.84. The van der Waals surface area contributed by atoms with Crippen molar-refractivity contribution in [1.82, 2.24) is 0 Å². The van der Waals surface area contributed by atoms with Gasteiger partial charge in [-0.1, -0.05) is 0 Å². The van der Waals surface area contributed by atoms with Crippen molar-refractivity contribution >= 4 is 23.7 Å². The van der Waals surface area contributed by atoms with Gasteiger partial charge in [-0.2, -0.15) is 0 Å². The second-order valence-corrected chi connectivity index (χ2v) is 3.11. The van der Waals surface area contributed by atoms with E-state index in [1.54, 1.807) is 0 Å². The van der Waals surface area contributed by atoms with E-state index in [4.69, 9.17) is 30.6 Å². The molecule has 96 valence electrons. The maximum Gasteiger partial charge on any atom is 0.251 e. The molecule has 0 aromatic carbocycles. The van der Waals surface area contributed by atoms with Crippen LogP contribution < -0.4 is 5.73 Å². The van der Waals surface area contributed by atoms with Gasteiger partial charge >= 0.3 is 0 Å². The van der Waals surface area contributed by atoms with Gasteiger partial charge in [0.1, 0.15) is 24.4 Å². The summed E-state index contributed by atoms with van der Waals surface area (Å²) in [4.78, 5) is 9.90. The second-order valence-electron chi connectivity index (χ2n) is 2.70. The lowest BCUT2D eigenvalue weighted by atomic mass is 10.0. The van der Waals surface area contributed by atoms with Crippen LogP contribution in [0.4, 0.5) is 0 Å². The van der Waals surface area contributed by atoms with Crippen LogP contribution in [0.1, 0.15) is 0 Å². The molecule has 0 aliphatic heterocycles. The number of hydrogen-bond donors (Lipinski definition) is 7. The first kappa shape index (κ1) is 17.6. The summed E-state index contributed by atoms with van der Waals surface area (Å²) in [6, 6.07) is 0. The number of aliphatic hydroxyl groups is 6. The third-order valence-corrected chi connectivity index (χ3v) is 1.42. The van der Waals surface area contributed by atoms with Gasteiger partial charge in [-0.25, -0.2) is 0 Å². The highest BCUT2D eigenvalue weighted by atomic mass is 32.1. The van der Waals surface area contributed by atoms with Gasteiger partial charge < -0.3 is 41.2 Å². The molecular formula is C7H15NO7S. The summed E-state index contributed by atoms with van der Waals surface area (Å²) in [6.45, 7) is -0.760. The zero-order chi connectivity index (χ0) is 13.3. The van der Waals surface area contributed by atoms with E-state index in [9.17, 15) is 4.79 Å². The third kappa shape index (κ3) is 8.47. The van der Waals surface area contributed by atoms with Gasteiger partial charge in [-0.3, -0.25) is 0 Å². The highest BCUT2D eigenvalue weighted by molar-refractivity contribution is 7.79. The fourth-order valence-corrected chi connectivity index (χ4v) is 0.618. The van der Waals surface area contributed by atoms with Crippen LogP contribution in [0, 0.1) is 0 Å². The molecule has 0 unspecified atom stereocenters. The Bertz CT molecular complexity index is 211. The van der Waals surface area contributed by atoms with Crippen molar-refractivity contribution in [1.29, 1.82) is 0 Å². The van der Waals surface area contributed by atoms with Gasteiger partial charge in [-0.15, -0.1) is 0 Å². The summed E-state index contributed by atoms with van der Waals surface area (Å²) in [7, 11) is 0. The van der Waals surface area contributed by atoms with E-state index in [0.29, 0.717) is 0 Å². The van der Waals surface area contributed by atoms with Gasteiger partial charge in [0.05, 0.1) is 6.61 Å². The monoisotopic (exact) mass is 257 g/mol. The smallest absolute Gasteiger partial charge is 0.251 e. The number of carbonyl (C=O) groups excluding carboxylic acids is 1. The van der Waals surface area contributed by atoms with E-state index in [0.717, 1.165) is 0 Å². The predicted octanol–water partition coefficient (Wildman–Crippen LogP) is -3.59. The number of hydrogen-bond acceptors (Lipinski definition) is 7. The Hall–Kier alpha value is -0.840. The normalized spacial score (nSPS) is 17.3. The lowest BCUT2D eigenvalue weighted by Gasteiger charge is -2.22. The van der Waals surface area contributed by atoms with Crippen molar-refractivity contribution in [2.75, 3.05) is 6.61 Å². The highest BCUT2D eigenvalue weighted by Gasteiger charge is 2.29. The zero-order valence-corrected chi connectivity index (χ0v) is 8.99. The molecule has 0 aromatic heterocycles. The Balaban J connectivity index is 0. The Morgan fingerprint density at radius 3 is 1.88 bits per heavy atom. The van der Waals surface area contributed by atoms with E-state index in [2.05, 4.69) is 18.0 Å². The Morgan fingerprint density at radius 1 is 1.25 bits per heavy atom. The number of rotatable bonds is 5. The van der Waals surface area contributed by atoms with Crippen LogP contribution in [-0.4, -0.2) is 73.1 Å². The highest BCUT2D eigenvalue weighted by Crippen LogP contribution is 2.02. The van der Waals surface area contributed by atoms with E-state index in [1.807, 2.05) is 0 Å². The molecule has 8 nitrogen and oxygen atoms in total. The molecule has 0 aliphatic rings. The fraction of sp³-hybridized carbons (Fsp3) is 0.714. The molecule has 0 aliphatic carbocycles. The maximum atomic E-state index is 9.90. The Labute approximate surface area is 96.6 Å². The van der Waals surface area contributed by atoms with E-state index >= 15 is 0 Å². The van der Waals surface area contributed by atoms with Crippen LogP contribution >= 0.6 is 12.2 Å². The summed E-state index contributed by atoms with van der Waals surface area (Å²) < 4.78 is 0. The fourth-order valence-electron chi connectivity index (χ4n) is 0.618. The number of nitrogens with two attached hydrogens (primary N) is 1. The topological polar surface area (TPSA) is 164 Å². The SMILES string of the molecule is NC(O)=S.O=C[C@H](O)[C@@H](O)[C@H](O)[C@H](O)CO. The van der Waals surface area contributed by atoms with Crippen LogP contribution in [0.25, 0.3) is 0 Å². The minimum absolute atomic E-state index is 0.0258. The molecule has 0 rings (SSSR count). The number of aldehydes is 1. The molecule has 0 fully saturated rings. The van der Waals surface area contributed by atoms with Crippen molar-refractivity contribution in [2.45, 2.75) is 24.4 Å². The largest absolute Gasteiger partial charge is 0.487 e. The first-order chi connectivity index (χ1) is 7.27. The number of thiocarbonyl (C=S) groups is 1. The molecule has 0 spiro atoms. The van der Waals surface area contributed by atoms with Crippen molar-refractivity contribution in [2.24, 2.45) is 5.73 Å². The second kappa shape index (κ2) is 9.39. The van der Waals surface area contributed by atoms with Crippen LogP contribution in [0.5, 0.6) is 0 Å². The Morgan fingerprint density at radius 2 is 1.62 bits per heavy atom. The number of carbonyl (C=O) groups is 1. The molecule has 9 heteroatoms. The standard InChI is InChI=1S/C6H12O6.CH3NOS/c7-1-3(9)5(11)6(12)4(10)2-8;2-1(3)4/h1,3-6,8-12H,2H2;(H3,2,3,4)/t3-,4+,5+,6+;/m0./s1. The van der Waals surface area contributed by atoms with Gasteiger partial charge in [0, 0.05) is 0 Å². The van der Waals surface area contributed by atoms with E-state index in [-0.39, 0.29) is 6.29 Å². The van der Waals surface area contributed by atoms with E-state index in [1.165, 1.54) is 0 Å². The van der Waals surface area contributed by atoms with Crippen molar-refractivity contribution < 1.29 is 35.4 Å². The molecule has 0 heterocycles. The Kier molecular flexibility index (Phi) is 10.3. The molecule has 8 N–H and O–H groups in total. The van der Waals surface area contributed by atoms with Crippen LogP contribution in [0.2, 0.25) is 0 Å². The number of aliphatic hydroxyl groups excluding tert-OH is 6. The maximum absolute atomic E-state index is 9.90. The lowest BCUT2D eigenvalue weighted by Crippen LogP contribution is -2.46. The van der Waals surface area contributed by atoms with Crippen LogP contribution in [0.3, 0.4) is 0 Å². The van der Waals surface area contributed by atoms with Gasteiger partial charge in [0.25, 0.3) is 5.17 Å². The molecule has 0 radical (unpaired) electrons. The minimum Gasteiger partial charge on any atom is -0.487 e. The molecule has 0 aromatic rings. The molecule has 0 amide bonds. The quantitative estimate of drug-likeness (QED) is 0.195. The van der Waals surface area contributed by atoms with Crippen molar-refractivity contribution in [3.63, 3.8) is 0 Å². The first-order valence-corrected chi connectivity index (χ1v) is 4.45. The van der Waals surface area contributed by atoms with Crippen LogP contribution in [-0.2, 0) is 4.79 Å². The average Bonchev–Trinajstić information content (AvgIpc) is 2.24. The molecule has 0 saturated heterocycles. The zero-order valence-electron chi connectivity index (χ0n) is 8.17. The van der Waals surface area contributed by atoms with Crippen molar-refractivity contribution in [3.8, 4) is 0 Å². The summed E-state index contributed by atoms with van der Waals surface area (Å²) in [5, 5.41) is 50.6. The predicted molar refractivity (Wildman–Crippen MR) is 56.6 cm³/mol. The molecule has 0 saturated carbocycles. The summed E-state index contributed by atoms with van der Waals surface area (Å²) in [5.41, 5.74) is 4.40. The summed E-state index contributed by atoms with van der Waals surface area (Å²) >= 11 is 3.87. The van der Waals surface area contributed by atoms with Gasteiger partial charge in [0.2, 0.25) is 0 Å². The van der Waals surface area contributed by atoms with Crippen molar-refractivity contribution in [3.05, 3.63) is 0 Å². The molecule has 0 bridgehead atoms. The molecular weight excluding hydrogens is 242 g/mol. The first-order valence-electron chi connectivity index (χ1n) is 4.04. The van der Waals surface area contributed by atoms with Crippen LogP contribution in [0.15, 0.2) is 0 Å². The van der Waals surface area contributed by atoms with Gasteiger partial charge in [-0.05, 0) is 12.2 Å². The lowest BCUT2D eigenvalue weighted by molar-refractivity contribution is -0.136. The van der Waals surface area contributed by atoms with E-state index < -0.39 is 36.2 Å². The summed E-state index contributed by atoms with van der Waals surface area (Å²) in [5.74, 6) is 0. The van der Waals surface area contributed by atoms with Gasteiger partial charge in [0.15, 0.2) is 6.29 Å².